The monoisotopic (exact) mass is 329 g/mol. The van der Waals surface area contributed by atoms with Crippen LogP contribution in [0.2, 0.25) is 20.1 Å². The number of nitrogens with zero attached hydrogens (tertiary/aromatic N) is 1. The Morgan fingerprint density at radius 3 is 2.21 bits per heavy atom. The predicted octanol–water partition coefficient (Wildman–Crippen LogP) is 6.03. The lowest BCUT2D eigenvalue weighted by molar-refractivity contribution is 1.26. The summed E-state index contributed by atoms with van der Waals surface area (Å²) in [6.07, 6.45) is 0.292. The summed E-state index contributed by atoms with van der Waals surface area (Å²) in [5, 5.41) is 10.5. The number of rotatable bonds is 2. The average molecular weight is 331 g/mol. The van der Waals surface area contributed by atoms with Crippen LogP contribution in [-0.2, 0) is 6.42 Å². The highest BCUT2D eigenvalue weighted by Crippen LogP contribution is 2.42. The number of hydrogen-bond acceptors (Lipinski definition) is 1. The van der Waals surface area contributed by atoms with E-state index in [1.807, 2.05) is 0 Å². The van der Waals surface area contributed by atoms with Crippen LogP contribution in [-0.4, -0.2) is 0 Å². The van der Waals surface area contributed by atoms with Gasteiger partial charge in [-0.05, 0) is 29.8 Å². The van der Waals surface area contributed by atoms with Crippen LogP contribution in [0.4, 0.5) is 0 Å². The first-order valence-electron chi connectivity index (χ1n) is 5.34. The summed E-state index contributed by atoms with van der Waals surface area (Å²) in [6, 6.07) is 10.7. The van der Waals surface area contributed by atoms with Crippen molar-refractivity contribution in [3.05, 3.63) is 56.0 Å². The van der Waals surface area contributed by atoms with Gasteiger partial charge in [-0.2, -0.15) is 5.26 Å². The Labute approximate surface area is 131 Å². The largest absolute Gasteiger partial charge is 0.198 e. The second kappa shape index (κ2) is 6.03. The maximum Gasteiger partial charge on any atom is 0.0686 e. The minimum Gasteiger partial charge on any atom is -0.198 e. The molecule has 2 rings (SSSR count). The second-order valence-corrected chi connectivity index (χ2v) is 5.47. The van der Waals surface area contributed by atoms with E-state index < -0.39 is 0 Å². The maximum absolute atomic E-state index is 8.75. The van der Waals surface area contributed by atoms with Gasteiger partial charge in [-0.25, -0.2) is 0 Å². The summed E-state index contributed by atoms with van der Waals surface area (Å²) in [5.74, 6) is 0. The van der Waals surface area contributed by atoms with E-state index in [1.165, 1.54) is 0 Å². The molecule has 0 spiro atoms. The van der Waals surface area contributed by atoms with Gasteiger partial charge in [-0.3, -0.25) is 0 Å². The van der Waals surface area contributed by atoms with E-state index in [2.05, 4.69) is 6.07 Å². The Morgan fingerprint density at radius 2 is 1.53 bits per heavy atom. The zero-order chi connectivity index (χ0) is 14.0. The van der Waals surface area contributed by atoms with Crippen LogP contribution in [0.5, 0.6) is 0 Å². The zero-order valence-electron chi connectivity index (χ0n) is 9.55. The van der Waals surface area contributed by atoms with Crippen LogP contribution in [0.1, 0.15) is 5.56 Å². The molecule has 19 heavy (non-hydrogen) atoms. The summed E-state index contributed by atoms with van der Waals surface area (Å²) in [6.45, 7) is 0. The molecular formula is C14H7Cl4N. The van der Waals surface area contributed by atoms with Crippen LogP contribution in [0.15, 0.2) is 30.3 Å². The van der Waals surface area contributed by atoms with Gasteiger partial charge in [0.25, 0.3) is 0 Å². The highest BCUT2D eigenvalue weighted by molar-refractivity contribution is 6.46. The Morgan fingerprint density at radius 1 is 0.895 bits per heavy atom. The van der Waals surface area contributed by atoms with E-state index in [0.29, 0.717) is 37.6 Å². The number of halogens is 4. The van der Waals surface area contributed by atoms with Gasteiger partial charge in [0.2, 0.25) is 0 Å². The van der Waals surface area contributed by atoms with Crippen molar-refractivity contribution in [3.8, 4) is 17.2 Å². The van der Waals surface area contributed by atoms with Crippen molar-refractivity contribution >= 4 is 46.4 Å². The molecule has 0 heterocycles. The Bertz CT molecular complexity index is 674. The molecule has 0 unspecified atom stereocenters. The van der Waals surface area contributed by atoms with Crippen LogP contribution in [0.3, 0.4) is 0 Å². The number of nitriles is 1. The molecule has 2 aromatic rings. The Balaban J connectivity index is 2.68. The molecule has 0 saturated heterocycles. The first-order valence-corrected chi connectivity index (χ1v) is 6.85. The standard InChI is InChI=1S/C14H7Cl4N/c15-10-2-1-8(5-6-19)7-9(10)13-11(16)3-4-12(17)14(13)18/h1-4,7H,5H2. The van der Waals surface area contributed by atoms with Gasteiger partial charge in [0, 0.05) is 16.1 Å². The third-order valence-electron chi connectivity index (χ3n) is 2.63. The van der Waals surface area contributed by atoms with E-state index in [4.69, 9.17) is 51.7 Å². The van der Waals surface area contributed by atoms with Gasteiger partial charge >= 0.3 is 0 Å². The summed E-state index contributed by atoms with van der Waals surface area (Å²) in [4.78, 5) is 0. The van der Waals surface area contributed by atoms with Crippen molar-refractivity contribution in [2.45, 2.75) is 6.42 Å². The van der Waals surface area contributed by atoms with Gasteiger partial charge in [0.15, 0.2) is 0 Å². The third kappa shape index (κ3) is 2.99. The Hall–Kier alpha value is -0.910. The molecule has 0 atom stereocenters. The highest BCUT2D eigenvalue weighted by atomic mass is 35.5. The summed E-state index contributed by atoms with van der Waals surface area (Å²) in [7, 11) is 0. The van der Waals surface area contributed by atoms with Gasteiger partial charge in [0.05, 0.1) is 27.6 Å². The van der Waals surface area contributed by atoms with Crippen LogP contribution >= 0.6 is 46.4 Å². The van der Waals surface area contributed by atoms with E-state index in [0.717, 1.165) is 5.56 Å². The molecular weight excluding hydrogens is 324 g/mol. The fourth-order valence-corrected chi connectivity index (χ4v) is 2.68. The van der Waals surface area contributed by atoms with Crippen LogP contribution in [0.25, 0.3) is 11.1 Å². The predicted molar refractivity (Wildman–Crippen MR) is 81.2 cm³/mol. The fraction of sp³-hybridized carbons (Fsp3) is 0.0714. The molecule has 0 aromatic heterocycles. The molecule has 0 N–H and O–H groups in total. The summed E-state index contributed by atoms with van der Waals surface area (Å²) in [5.41, 5.74) is 2.10. The zero-order valence-corrected chi connectivity index (χ0v) is 12.6. The van der Waals surface area contributed by atoms with Crippen LogP contribution in [0, 0.1) is 11.3 Å². The van der Waals surface area contributed by atoms with Gasteiger partial charge < -0.3 is 0 Å². The van der Waals surface area contributed by atoms with Gasteiger partial charge in [-0.15, -0.1) is 0 Å². The summed E-state index contributed by atoms with van der Waals surface area (Å²) >= 11 is 24.6. The molecule has 96 valence electrons. The molecule has 0 aliphatic rings. The molecule has 5 heteroatoms. The lowest BCUT2D eigenvalue weighted by Crippen LogP contribution is -1.88. The molecule has 0 aliphatic carbocycles. The molecule has 0 saturated carbocycles. The normalized spacial score (nSPS) is 10.3. The van der Waals surface area contributed by atoms with E-state index in [-0.39, 0.29) is 0 Å². The van der Waals surface area contributed by atoms with Crippen molar-refractivity contribution in [2.75, 3.05) is 0 Å². The number of benzene rings is 2. The molecule has 0 radical (unpaired) electrons. The lowest BCUT2D eigenvalue weighted by Gasteiger charge is -2.11. The second-order valence-electron chi connectivity index (χ2n) is 3.87. The SMILES string of the molecule is N#CCc1ccc(Cl)c(-c2c(Cl)ccc(Cl)c2Cl)c1. The first kappa shape index (κ1) is 14.5. The Kier molecular flexibility index (Phi) is 4.60. The van der Waals surface area contributed by atoms with Crippen molar-refractivity contribution < 1.29 is 0 Å². The quantitative estimate of drug-likeness (QED) is 0.616. The summed E-state index contributed by atoms with van der Waals surface area (Å²) < 4.78 is 0. The topological polar surface area (TPSA) is 23.8 Å². The van der Waals surface area contributed by atoms with Crippen molar-refractivity contribution in [2.24, 2.45) is 0 Å². The first-order chi connectivity index (χ1) is 9.04. The third-order valence-corrected chi connectivity index (χ3v) is 4.08. The average Bonchev–Trinajstić information content (AvgIpc) is 2.38. The van der Waals surface area contributed by atoms with Crippen molar-refractivity contribution in [1.29, 1.82) is 5.26 Å². The molecule has 0 fully saturated rings. The number of hydrogen-bond donors (Lipinski definition) is 0. The molecule has 0 amide bonds. The van der Waals surface area contributed by atoms with Crippen molar-refractivity contribution in [3.63, 3.8) is 0 Å². The van der Waals surface area contributed by atoms with Gasteiger partial charge in [0.1, 0.15) is 0 Å². The fourth-order valence-electron chi connectivity index (χ4n) is 1.74. The van der Waals surface area contributed by atoms with Crippen LogP contribution < -0.4 is 0 Å². The lowest BCUT2D eigenvalue weighted by atomic mass is 10.0. The smallest absolute Gasteiger partial charge is 0.0686 e. The van der Waals surface area contributed by atoms with E-state index in [1.54, 1.807) is 30.3 Å². The minimum absolute atomic E-state index is 0.292. The maximum atomic E-state index is 8.75. The van der Waals surface area contributed by atoms with E-state index in [9.17, 15) is 0 Å². The molecule has 1 nitrogen and oxygen atoms in total. The van der Waals surface area contributed by atoms with Crippen molar-refractivity contribution in [1.82, 2.24) is 0 Å². The van der Waals surface area contributed by atoms with E-state index >= 15 is 0 Å². The molecule has 0 aliphatic heterocycles. The minimum atomic E-state index is 0.292. The highest BCUT2D eigenvalue weighted by Gasteiger charge is 2.15. The molecule has 0 bridgehead atoms. The van der Waals surface area contributed by atoms with Gasteiger partial charge in [-0.1, -0.05) is 52.5 Å². The molecule has 2 aromatic carbocycles.